The highest BCUT2D eigenvalue weighted by Crippen LogP contribution is 2.33. The molecular weight excluding hydrogens is 548 g/mol. The second-order valence-electron chi connectivity index (χ2n) is 12.5. The van der Waals surface area contributed by atoms with Crippen molar-refractivity contribution in [3.8, 4) is 17.0 Å². The standard InChI is InChI=1S/C32H42N6O5/c1-20-9-11-22(17-23(20)21-10-12-26(34-19-21)42-16-15-37(7)8)35-30(41)36-24-18-25(31(2,3)4)43-27(24)28(39)38-14-13-33-29(40)32(38,5)6/h9-12,17-19H,13-16H2,1-8H3,(H,33,40)(H2,35,36,41). The number of nitrogens with one attached hydrogen (secondary N) is 3. The number of pyridine rings is 1. The molecule has 0 unspecified atom stereocenters. The van der Waals surface area contributed by atoms with Gasteiger partial charge in [0, 0.05) is 54.6 Å². The summed E-state index contributed by atoms with van der Waals surface area (Å²) in [4.78, 5) is 47.3. The lowest BCUT2D eigenvalue weighted by Crippen LogP contribution is -2.63. The molecule has 0 aliphatic carbocycles. The van der Waals surface area contributed by atoms with Gasteiger partial charge in [0.1, 0.15) is 17.9 Å². The summed E-state index contributed by atoms with van der Waals surface area (Å²) in [6.07, 6.45) is 1.75. The minimum Gasteiger partial charge on any atom is -0.476 e. The minimum absolute atomic E-state index is 0.0218. The van der Waals surface area contributed by atoms with Gasteiger partial charge < -0.3 is 34.9 Å². The number of hydrogen-bond acceptors (Lipinski definition) is 7. The lowest BCUT2D eigenvalue weighted by molar-refractivity contribution is -0.133. The predicted molar refractivity (Wildman–Crippen MR) is 167 cm³/mol. The summed E-state index contributed by atoms with van der Waals surface area (Å²) in [5.41, 5.74) is 2.10. The zero-order chi connectivity index (χ0) is 31.5. The highest BCUT2D eigenvalue weighted by molar-refractivity contribution is 6.07. The van der Waals surface area contributed by atoms with E-state index < -0.39 is 22.9 Å². The normalized spacial score (nSPS) is 14.8. The number of benzene rings is 1. The molecule has 1 aliphatic heterocycles. The van der Waals surface area contributed by atoms with Crippen molar-refractivity contribution in [3.63, 3.8) is 0 Å². The Morgan fingerprint density at radius 1 is 1.14 bits per heavy atom. The van der Waals surface area contributed by atoms with Crippen LogP contribution in [0.3, 0.4) is 0 Å². The Balaban J connectivity index is 1.53. The number of piperazine rings is 1. The molecule has 0 radical (unpaired) electrons. The van der Waals surface area contributed by atoms with Crippen molar-refractivity contribution < 1.29 is 23.5 Å². The maximum absolute atomic E-state index is 13.7. The average Bonchev–Trinajstić information content (AvgIpc) is 3.35. The first kappa shape index (κ1) is 31.6. The van der Waals surface area contributed by atoms with E-state index in [2.05, 4.69) is 20.9 Å². The fourth-order valence-corrected chi connectivity index (χ4v) is 4.64. The Bertz CT molecular complexity index is 1490. The average molecular weight is 591 g/mol. The molecule has 0 spiro atoms. The van der Waals surface area contributed by atoms with Crippen LogP contribution in [-0.2, 0) is 10.2 Å². The molecule has 2 aromatic heterocycles. The Morgan fingerprint density at radius 2 is 1.88 bits per heavy atom. The fourth-order valence-electron chi connectivity index (χ4n) is 4.64. The largest absolute Gasteiger partial charge is 0.476 e. The first-order valence-electron chi connectivity index (χ1n) is 14.3. The third kappa shape index (κ3) is 7.34. The number of anilines is 2. The van der Waals surface area contributed by atoms with Gasteiger partial charge in [0.25, 0.3) is 5.91 Å². The molecule has 1 saturated heterocycles. The van der Waals surface area contributed by atoms with Crippen molar-refractivity contribution in [2.75, 3.05) is 51.0 Å². The maximum Gasteiger partial charge on any atom is 0.323 e. The van der Waals surface area contributed by atoms with E-state index in [1.54, 1.807) is 32.2 Å². The second-order valence-corrected chi connectivity index (χ2v) is 12.5. The van der Waals surface area contributed by atoms with Crippen molar-refractivity contribution in [2.24, 2.45) is 0 Å². The van der Waals surface area contributed by atoms with Crippen molar-refractivity contribution in [2.45, 2.75) is 52.5 Å². The van der Waals surface area contributed by atoms with Gasteiger partial charge in [-0.05, 0) is 64.2 Å². The summed E-state index contributed by atoms with van der Waals surface area (Å²) < 4.78 is 11.7. The van der Waals surface area contributed by atoms with Gasteiger partial charge in [0.05, 0.1) is 5.69 Å². The van der Waals surface area contributed by atoms with Gasteiger partial charge in [-0.25, -0.2) is 9.78 Å². The number of likely N-dealkylation sites (N-methyl/N-ethyl adjacent to an activating group) is 1. The quantitative estimate of drug-likeness (QED) is 0.341. The summed E-state index contributed by atoms with van der Waals surface area (Å²) in [5.74, 6) is 0.338. The van der Waals surface area contributed by atoms with E-state index in [0.717, 1.165) is 23.2 Å². The number of aromatic nitrogens is 1. The molecule has 11 nitrogen and oxygen atoms in total. The van der Waals surface area contributed by atoms with Crippen molar-refractivity contribution in [1.82, 2.24) is 20.1 Å². The molecule has 0 bridgehead atoms. The van der Waals surface area contributed by atoms with E-state index >= 15 is 0 Å². The monoisotopic (exact) mass is 590 g/mol. The second kappa shape index (κ2) is 12.5. The number of carbonyl (C=O) groups is 3. The van der Waals surface area contributed by atoms with Gasteiger partial charge in [0.15, 0.2) is 0 Å². The van der Waals surface area contributed by atoms with E-state index in [1.165, 1.54) is 4.90 Å². The Morgan fingerprint density at radius 3 is 2.53 bits per heavy atom. The van der Waals surface area contributed by atoms with Gasteiger partial charge >= 0.3 is 6.03 Å². The molecule has 4 rings (SSSR count). The number of urea groups is 1. The van der Waals surface area contributed by atoms with E-state index in [1.807, 2.05) is 71.0 Å². The number of aryl methyl sites for hydroxylation is 1. The lowest BCUT2D eigenvalue weighted by atomic mass is 9.93. The van der Waals surface area contributed by atoms with Gasteiger partial charge in [0.2, 0.25) is 17.5 Å². The van der Waals surface area contributed by atoms with E-state index in [9.17, 15) is 14.4 Å². The van der Waals surface area contributed by atoms with Gasteiger partial charge in [-0.3, -0.25) is 9.59 Å². The Hall–Kier alpha value is -4.38. The SMILES string of the molecule is Cc1ccc(NC(=O)Nc2cc(C(C)(C)C)oc2C(=O)N2CCNC(=O)C2(C)C)cc1-c1ccc(OCCN(C)C)nc1. The summed E-state index contributed by atoms with van der Waals surface area (Å²) in [5, 5.41) is 8.45. The number of carbonyl (C=O) groups excluding carboxylic acids is 3. The van der Waals surface area contributed by atoms with Crippen molar-refractivity contribution in [1.29, 1.82) is 0 Å². The molecule has 4 amide bonds. The zero-order valence-corrected chi connectivity index (χ0v) is 26.3. The van der Waals surface area contributed by atoms with Crippen LogP contribution in [0.4, 0.5) is 16.2 Å². The third-order valence-electron chi connectivity index (χ3n) is 7.34. The summed E-state index contributed by atoms with van der Waals surface area (Å²) in [6.45, 7) is 13.2. The number of furan rings is 1. The number of hydrogen-bond donors (Lipinski definition) is 3. The first-order chi connectivity index (χ1) is 20.2. The van der Waals surface area contributed by atoms with Crippen LogP contribution in [0.15, 0.2) is 47.0 Å². The maximum atomic E-state index is 13.7. The van der Waals surface area contributed by atoms with Crippen molar-refractivity contribution in [3.05, 3.63) is 59.7 Å². The molecule has 1 aromatic carbocycles. The Labute approximate surface area is 253 Å². The number of rotatable bonds is 8. The number of ether oxygens (including phenoxy) is 1. The van der Waals surface area contributed by atoms with Gasteiger partial charge in [-0.1, -0.05) is 26.8 Å². The highest BCUT2D eigenvalue weighted by Gasteiger charge is 2.42. The summed E-state index contributed by atoms with van der Waals surface area (Å²) in [6, 6.07) is 10.5. The number of nitrogens with zero attached hydrogens (tertiary/aromatic N) is 3. The van der Waals surface area contributed by atoms with Crippen LogP contribution in [0.5, 0.6) is 5.88 Å². The van der Waals surface area contributed by atoms with E-state index in [4.69, 9.17) is 9.15 Å². The minimum atomic E-state index is -1.08. The molecule has 0 saturated carbocycles. The highest BCUT2D eigenvalue weighted by atomic mass is 16.5. The molecule has 1 fully saturated rings. The smallest absolute Gasteiger partial charge is 0.323 e. The van der Waals surface area contributed by atoms with Crippen LogP contribution in [0.25, 0.3) is 11.1 Å². The molecule has 1 aliphatic rings. The number of amides is 4. The Kier molecular flexibility index (Phi) is 9.15. The van der Waals surface area contributed by atoms with Crippen LogP contribution in [0.2, 0.25) is 0 Å². The van der Waals surface area contributed by atoms with Crippen LogP contribution >= 0.6 is 0 Å². The lowest BCUT2D eigenvalue weighted by Gasteiger charge is -2.40. The van der Waals surface area contributed by atoms with E-state index in [-0.39, 0.29) is 17.4 Å². The zero-order valence-electron chi connectivity index (χ0n) is 26.3. The van der Waals surface area contributed by atoms with Crippen LogP contribution in [0, 0.1) is 6.92 Å². The predicted octanol–water partition coefficient (Wildman–Crippen LogP) is 4.88. The van der Waals surface area contributed by atoms with E-state index in [0.29, 0.717) is 37.0 Å². The van der Waals surface area contributed by atoms with Crippen molar-refractivity contribution >= 4 is 29.2 Å². The van der Waals surface area contributed by atoms with Gasteiger partial charge in [-0.15, -0.1) is 0 Å². The van der Waals surface area contributed by atoms with Gasteiger partial charge in [-0.2, -0.15) is 0 Å². The van der Waals surface area contributed by atoms with Crippen LogP contribution in [-0.4, -0.2) is 78.5 Å². The molecule has 11 heteroatoms. The topological polar surface area (TPSA) is 129 Å². The molecular formula is C32H42N6O5. The van der Waals surface area contributed by atoms with Crippen LogP contribution in [0.1, 0.15) is 56.5 Å². The summed E-state index contributed by atoms with van der Waals surface area (Å²) in [7, 11) is 3.97. The third-order valence-corrected chi connectivity index (χ3v) is 7.34. The fraction of sp³-hybridized carbons (Fsp3) is 0.438. The van der Waals surface area contributed by atoms with Crippen LogP contribution < -0.4 is 20.7 Å². The first-order valence-corrected chi connectivity index (χ1v) is 14.3. The summed E-state index contributed by atoms with van der Waals surface area (Å²) >= 11 is 0. The molecule has 230 valence electrons. The molecule has 3 aromatic rings. The molecule has 3 heterocycles. The molecule has 0 atom stereocenters. The molecule has 3 N–H and O–H groups in total. The molecule has 43 heavy (non-hydrogen) atoms.